The number of urea groups is 1. The molecule has 0 spiro atoms. The summed E-state index contributed by atoms with van der Waals surface area (Å²) in [6.07, 6.45) is 0. The van der Waals surface area contributed by atoms with E-state index in [-0.39, 0.29) is 6.03 Å². The normalized spacial score (nSPS) is 13.4. The highest BCUT2D eigenvalue weighted by Gasteiger charge is 2.26. The van der Waals surface area contributed by atoms with E-state index in [0.29, 0.717) is 18.2 Å². The lowest BCUT2D eigenvalue weighted by atomic mass is 10.2. The zero-order valence-corrected chi connectivity index (χ0v) is 23.9. The Balaban J connectivity index is 1.42. The van der Waals surface area contributed by atoms with Gasteiger partial charge in [-0.3, -0.25) is 5.32 Å². The summed E-state index contributed by atoms with van der Waals surface area (Å²) in [6.45, 7) is 15.0. The van der Waals surface area contributed by atoms with Gasteiger partial charge in [0.05, 0.1) is 18.5 Å². The van der Waals surface area contributed by atoms with Gasteiger partial charge < -0.3 is 24.3 Å². The first kappa shape index (κ1) is 27.5. The number of piperazine rings is 1. The molecular formula is C28H39N7O2S. The highest BCUT2D eigenvalue weighted by atomic mass is 32.1. The topological polar surface area (TPSA) is 77.1 Å². The average molecular weight is 538 g/mol. The predicted octanol–water partition coefficient (Wildman–Crippen LogP) is 5.26. The van der Waals surface area contributed by atoms with Gasteiger partial charge in [0.2, 0.25) is 0 Å². The van der Waals surface area contributed by atoms with Crippen LogP contribution < -0.4 is 24.8 Å². The van der Waals surface area contributed by atoms with E-state index in [0.717, 1.165) is 73.6 Å². The lowest BCUT2D eigenvalue weighted by Crippen LogP contribution is -2.50. The van der Waals surface area contributed by atoms with Crippen molar-refractivity contribution in [2.75, 3.05) is 79.5 Å². The molecule has 38 heavy (non-hydrogen) atoms. The van der Waals surface area contributed by atoms with Crippen molar-refractivity contribution in [3.05, 3.63) is 41.8 Å². The molecule has 204 valence electrons. The Labute approximate surface area is 230 Å². The van der Waals surface area contributed by atoms with Crippen molar-refractivity contribution in [1.82, 2.24) is 14.9 Å². The molecule has 2 amide bonds. The summed E-state index contributed by atoms with van der Waals surface area (Å²) in [4.78, 5) is 31.6. The predicted molar refractivity (Wildman–Crippen MR) is 158 cm³/mol. The van der Waals surface area contributed by atoms with Gasteiger partial charge in [-0.05, 0) is 64.1 Å². The molecule has 1 saturated heterocycles. The van der Waals surface area contributed by atoms with Crippen LogP contribution in [0.3, 0.4) is 0 Å². The molecule has 0 unspecified atom stereocenters. The molecule has 1 aliphatic heterocycles. The summed E-state index contributed by atoms with van der Waals surface area (Å²) in [5, 5.41) is 5.54. The highest BCUT2D eigenvalue weighted by Crippen LogP contribution is 2.31. The van der Waals surface area contributed by atoms with Crippen LogP contribution in [-0.2, 0) is 0 Å². The van der Waals surface area contributed by atoms with Crippen LogP contribution in [0.2, 0.25) is 0 Å². The van der Waals surface area contributed by atoms with E-state index in [1.54, 1.807) is 7.11 Å². The Morgan fingerprint density at radius 2 is 1.58 bits per heavy atom. The highest BCUT2D eigenvalue weighted by molar-refractivity contribution is 7.14. The average Bonchev–Trinajstić information content (AvgIpc) is 3.43. The number of benzene rings is 1. The third kappa shape index (κ3) is 6.12. The number of ether oxygens (including phenoxy) is 1. The summed E-state index contributed by atoms with van der Waals surface area (Å²) in [5.41, 5.74) is 2.97. The number of anilines is 4. The van der Waals surface area contributed by atoms with Crippen LogP contribution >= 0.6 is 11.3 Å². The van der Waals surface area contributed by atoms with Crippen LogP contribution in [0.15, 0.2) is 41.8 Å². The first-order valence-electron chi connectivity index (χ1n) is 13.4. The van der Waals surface area contributed by atoms with Gasteiger partial charge in [-0.15, -0.1) is 11.3 Å². The fourth-order valence-corrected chi connectivity index (χ4v) is 5.43. The maximum Gasteiger partial charge on any atom is 0.323 e. The fraction of sp³-hybridized carbons (Fsp3) is 0.464. The van der Waals surface area contributed by atoms with Gasteiger partial charge in [0, 0.05) is 63.3 Å². The van der Waals surface area contributed by atoms with Crippen molar-refractivity contribution in [3.63, 3.8) is 0 Å². The maximum atomic E-state index is 13.0. The summed E-state index contributed by atoms with van der Waals surface area (Å²) in [6, 6.07) is 12.0. The van der Waals surface area contributed by atoms with Gasteiger partial charge in [-0.1, -0.05) is 0 Å². The van der Waals surface area contributed by atoms with E-state index in [2.05, 4.69) is 64.8 Å². The molecule has 0 aliphatic carbocycles. The van der Waals surface area contributed by atoms with Crippen LogP contribution in [0.1, 0.15) is 27.7 Å². The molecule has 0 radical (unpaired) electrons. The molecular weight excluding hydrogens is 498 g/mol. The van der Waals surface area contributed by atoms with Gasteiger partial charge in [-0.2, -0.15) is 0 Å². The van der Waals surface area contributed by atoms with E-state index in [4.69, 9.17) is 9.72 Å². The molecule has 9 nitrogen and oxygen atoms in total. The Hall–Kier alpha value is -3.53. The number of carbonyl (C=O) groups is 1. The second-order valence-electron chi connectivity index (χ2n) is 9.03. The van der Waals surface area contributed by atoms with Gasteiger partial charge >= 0.3 is 6.03 Å². The van der Waals surface area contributed by atoms with Crippen molar-refractivity contribution in [2.24, 2.45) is 0 Å². The number of methoxy groups -OCH3 is 1. The zero-order valence-electron chi connectivity index (χ0n) is 23.1. The monoisotopic (exact) mass is 537 g/mol. The van der Waals surface area contributed by atoms with Crippen LogP contribution in [0.4, 0.5) is 27.2 Å². The molecule has 4 rings (SSSR count). The number of hydrogen-bond acceptors (Lipinski definition) is 8. The van der Waals surface area contributed by atoms with Crippen LogP contribution in [0.5, 0.6) is 5.75 Å². The van der Waals surface area contributed by atoms with E-state index in [1.807, 2.05) is 34.5 Å². The number of thiazole rings is 1. The van der Waals surface area contributed by atoms with Crippen molar-refractivity contribution < 1.29 is 9.53 Å². The first-order valence-corrected chi connectivity index (χ1v) is 14.3. The molecule has 1 N–H and O–H groups in total. The molecule has 1 aromatic carbocycles. The Morgan fingerprint density at radius 3 is 2.18 bits per heavy atom. The minimum Gasteiger partial charge on any atom is -0.497 e. The molecule has 2 aromatic heterocycles. The lowest BCUT2D eigenvalue weighted by Gasteiger charge is -2.38. The fourth-order valence-electron chi connectivity index (χ4n) is 4.72. The Bertz CT molecular complexity index is 1180. The Kier molecular flexibility index (Phi) is 9.28. The molecule has 10 heteroatoms. The van der Waals surface area contributed by atoms with E-state index in [9.17, 15) is 4.79 Å². The maximum absolute atomic E-state index is 13.0. The van der Waals surface area contributed by atoms with E-state index in [1.165, 1.54) is 11.3 Å². The van der Waals surface area contributed by atoms with Crippen molar-refractivity contribution in [2.45, 2.75) is 27.7 Å². The smallest absolute Gasteiger partial charge is 0.323 e. The molecule has 1 aliphatic rings. The van der Waals surface area contributed by atoms with Crippen molar-refractivity contribution >= 4 is 39.8 Å². The number of rotatable bonds is 10. The number of amides is 2. The van der Waals surface area contributed by atoms with E-state index < -0.39 is 0 Å². The number of nitrogens with one attached hydrogen (secondary N) is 1. The number of carbonyl (C=O) groups excluding carboxylic acids is 1. The van der Waals surface area contributed by atoms with Gasteiger partial charge in [0.1, 0.15) is 11.6 Å². The molecule has 3 aromatic rings. The zero-order chi connectivity index (χ0) is 27.1. The molecule has 0 saturated carbocycles. The van der Waals surface area contributed by atoms with Gasteiger partial charge in [0.25, 0.3) is 0 Å². The number of pyridine rings is 1. The third-order valence-electron chi connectivity index (χ3n) is 7.00. The van der Waals surface area contributed by atoms with Crippen molar-refractivity contribution in [1.29, 1.82) is 0 Å². The van der Waals surface area contributed by atoms with E-state index >= 15 is 0 Å². The molecule has 0 atom stereocenters. The summed E-state index contributed by atoms with van der Waals surface area (Å²) >= 11 is 1.43. The standard InChI is InChI=1S/C28H39N7O2S/c1-6-32(7-2)24-14-15-25(33(8-3)9-4)30-26(24)34-16-18-35(19-17-34)28(36)31-27-29-23(20-38-27)21-10-12-22(37-5)13-11-21/h10-15,20H,6-9,16-19H2,1-5H3,(H,29,31,36). The third-order valence-corrected chi connectivity index (χ3v) is 7.76. The largest absolute Gasteiger partial charge is 0.497 e. The molecule has 0 bridgehead atoms. The van der Waals surface area contributed by atoms with Crippen LogP contribution in [-0.4, -0.2) is 80.4 Å². The second-order valence-corrected chi connectivity index (χ2v) is 9.89. The number of hydrogen-bond donors (Lipinski definition) is 1. The molecule has 3 heterocycles. The van der Waals surface area contributed by atoms with Crippen LogP contribution in [0.25, 0.3) is 11.3 Å². The molecule has 1 fully saturated rings. The SMILES string of the molecule is CCN(CC)c1ccc(N(CC)CC)c(N2CCN(C(=O)Nc3nc(-c4ccc(OC)cc4)cs3)CC2)n1. The summed E-state index contributed by atoms with van der Waals surface area (Å²) in [7, 11) is 1.65. The quantitative estimate of drug-likeness (QED) is 0.378. The van der Waals surface area contributed by atoms with Crippen LogP contribution in [0, 0.1) is 0 Å². The number of aromatic nitrogens is 2. The second kappa shape index (κ2) is 12.8. The minimum atomic E-state index is -0.117. The van der Waals surface area contributed by atoms with Gasteiger partial charge in [-0.25, -0.2) is 14.8 Å². The van der Waals surface area contributed by atoms with Gasteiger partial charge in [0.15, 0.2) is 10.9 Å². The number of nitrogens with zero attached hydrogens (tertiary/aromatic N) is 6. The summed E-state index contributed by atoms with van der Waals surface area (Å²) < 4.78 is 5.23. The lowest BCUT2D eigenvalue weighted by molar-refractivity contribution is 0.208. The Morgan fingerprint density at radius 1 is 0.921 bits per heavy atom. The van der Waals surface area contributed by atoms with Crippen molar-refractivity contribution in [3.8, 4) is 17.0 Å². The first-order chi connectivity index (χ1) is 18.5. The summed E-state index contributed by atoms with van der Waals surface area (Å²) in [5.74, 6) is 2.80. The minimum absolute atomic E-state index is 0.117.